The van der Waals surface area contributed by atoms with E-state index >= 15 is 0 Å². The second-order valence-corrected chi connectivity index (χ2v) is 3.97. The molecule has 0 aliphatic carbocycles. The SMILES string of the molecule is CCC(NC(=O)c1cc(F)ccc1O)C(N)=S. The van der Waals surface area contributed by atoms with Crippen molar-refractivity contribution in [1.82, 2.24) is 5.32 Å². The van der Waals surface area contributed by atoms with Crippen LogP contribution in [0.15, 0.2) is 18.2 Å². The van der Waals surface area contributed by atoms with Crippen molar-refractivity contribution in [1.29, 1.82) is 0 Å². The van der Waals surface area contributed by atoms with Crippen LogP contribution in [0.3, 0.4) is 0 Å². The van der Waals surface area contributed by atoms with Crippen LogP contribution in [0.2, 0.25) is 0 Å². The molecule has 0 aliphatic rings. The van der Waals surface area contributed by atoms with Crippen LogP contribution in [0, 0.1) is 5.82 Å². The number of rotatable bonds is 4. The second kappa shape index (κ2) is 5.58. The summed E-state index contributed by atoms with van der Waals surface area (Å²) in [6.45, 7) is 1.80. The average molecular weight is 256 g/mol. The van der Waals surface area contributed by atoms with Crippen LogP contribution < -0.4 is 11.1 Å². The Morgan fingerprint density at radius 3 is 2.82 bits per heavy atom. The Morgan fingerprint density at radius 2 is 2.29 bits per heavy atom. The Balaban J connectivity index is 2.89. The topological polar surface area (TPSA) is 75.3 Å². The molecule has 6 heteroatoms. The summed E-state index contributed by atoms with van der Waals surface area (Å²) in [7, 11) is 0. The van der Waals surface area contributed by atoms with Gasteiger partial charge in [-0.05, 0) is 24.6 Å². The lowest BCUT2D eigenvalue weighted by Gasteiger charge is -2.15. The maximum Gasteiger partial charge on any atom is 0.255 e. The molecule has 0 bridgehead atoms. The van der Waals surface area contributed by atoms with Gasteiger partial charge in [0.15, 0.2) is 0 Å². The van der Waals surface area contributed by atoms with Crippen LogP contribution >= 0.6 is 12.2 Å². The van der Waals surface area contributed by atoms with E-state index in [2.05, 4.69) is 5.32 Å². The van der Waals surface area contributed by atoms with Gasteiger partial charge >= 0.3 is 0 Å². The van der Waals surface area contributed by atoms with Crippen molar-refractivity contribution in [3.05, 3.63) is 29.6 Å². The number of benzene rings is 1. The third-order valence-corrected chi connectivity index (χ3v) is 2.54. The Hall–Kier alpha value is -1.69. The third-order valence-electron chi connectivity index (χ3n) is 2.26. The summed E-state index contributed by atoms with van der Waals surface area (Å²) in [5.41, 5.74) is 5.28. The van der Waals surface area contributed by atoms with Crippen molar-refractivity contribution in [2.24, 2.45) is 5.73 Å². The minimum atomic E-state index is -0.610. The molecule has 92 valence electrons. The molecular weight excluding hydrogens is 243 g/mol. The quantitative estimate of drug-likeness (QED) is 0.710. The van der Waals surface area contributed by atoms with Gasteiger partial charge < -0.3 is 16.2 Å². The molecule has 0 aliphatic heterocycles. The van der Waals surface area contributed by atoms with Gasteiger partial charge in [-0.2, -0.15) is 0 Å². The highest BCUT2D eigenvalue weighted by Gasteiger charge is 2.17. The van der Waals surface area contributed by atoms with Gasteiger partial charge in [0.05, 0.1) is 16.6 Å². The number of nitrogens with one attached hydrogen (secondary N) is 1. The Labute approximate surface area is 104 Å². The number of carbonyl (C=O) groups excluding carboxylic acids is 1. The number of aromatic hydroxyl groups is 1. The molecule has 4 N–H and O–H groups in total. The van der Waals surface area contributed by atoms with Crippen molar-refractivity contribution in [2.75, 3.05) is 0 Å². The number of phenolic OH excluding ortho intramolecular Hbond substituents is 1. The Bertz CT molecular complexity index is 451. The summed E-state index contributed by atoms with van der Waals surface area (Å²) < 4.78 is 12.9. The molecule has 1 rings (SSSR count). The average Bonchev–Trinajstić information content (AvgIpc) is 2.28. The lowest BCUT2D eigenvalue weighted by atomic mass is 10.1. The first-order valence-electron chi connectivity index (χ1n) is 5.04. The Kier molecular flexibility index (Phi) is 4.39. The van der Waals surface area contributed by atoms with Gasteiger partial charge in [0.2, 0.25) is 0 Å². The van der Waals surface area contributed by atoms with Gasteiger partial charge in [-0.15, -0.1) is 0 Å². The summed E-state index contributed by atoms with van der Waals surface area (Å²) in [6, 6.07) is 2.67. The zero-order valence-corrected chi connectivity index (χ0v) is 10.1. The summed E-state index contributed by atoms with van der Waals surface area (Å²) in [4.78, 5) is 11.9. The minimum Gasteiger partial charge on any atom is -0.507 e. The smallest absolute Gasteiger partial charge is 0.255 e. The van der Waals surface area contributed by atoms with Crippen LogP contribution in [0.25, 0.3) is 0 Å². The van der Waals surface area contributed by atoms with E-state index in [1.165, 1.54) is 0 Å². The first-order chi connectivity index (χ1) is 7.95. The zero-order chi connectivity index (χ0) is 13.0. The van der Waals surface area contributed by atoms with Crippen LogP contribution in [0.4, 0.5) is 4.39 Å². The second-order valence-electron chi connectivity index (χ2n) is 3.50. The van der Waals surface area contributed by atoms with Gasteiger partial charge in [0.25, 0.3) is 5.91 Å². The lowest BCUT2D eigenvalue weighted by molar-refractivity contribution is 0.0943. The Morgan fingerprint density at radius 1 is 1.65 bits per heavy atom. The van der Waals surface area contributed by atoms with Crippen molar-refractivity contribution in [2.45, 2.75) is 19.4 Å². The highest BCUT2D eigenvalue weighted by molar-refractivity contribution is 7.80. The maximum absolute atomic E-state index is 12.9. The highest BCUT2D eigenvalue weighted by atomic mass is 32.1. The van der Waals surface area contributed by atoms with Crippen LogP contribution in [-0.4, -0.2) is 22.0 Å². The van der Waals surface area contributed by atoms with Gasteiger partial charge in [0, 0.05) is 0 Å². The zero-order valence-electron chi connectivity index (χ0n) is 9.24. The standard InChI is InChI=1S/C11H13FN2O2S/c1-2-8(10(13)17)14-11(16)7-5-6(12)3-4-9(7)15/h3-5,8,15H,2H2,1H3,(H2,13,17)(H,14,16). The molecule has 0 radical (unpaired) electrons. The molecule has 0 fully saturated rings. The van der Waals surface area contributed by atoms with E-state index < -0.39 is 17.8 Å². The van der Waals surface area contributed by atoms with Crippen molar-refractivity contribution >= 4 is 23.1 Å². The van der Waals surface area contributed by atoms with Crippen LogP contribution in [0.5, 0.6) is 5.75 Å². The third kappa shape index (κ3) is 3.39. The maximum atomic E-state index is 12.9. The number of amides is 1. The van der Waals surface area contributed by atoms with Gasteiger partial charge in [0.1, 0.15) is 11.6 Å². The number of hydrogen-bond acceptors (Lipinski definition) is 3. The monoisotopic (exact) mass is 256 g/mol. The molecule has 1 amide bonds. The highest BCUT2D eigenvalue weighted by Crippen LogP contribution is 2.17. The van der Waals surface area contributed by atoms with E-state index in [9.17, 15) is 14.3 Å². The predicted octanol–water partition coefficient (Wildman–Crippen LogP) is 1.33. The lowest BCUT2D eigenvalue weighted by Crippen LogP contribution is -2.43. The van der Waals surface area contributed by atoms with E-state index in [-0.39, 0.29) is 16.3 Å². The number of halogens is 1. The first kappa shape index (κ1) is 13.4. The van der Waals surface area contributed by atoms with Gasteiger partial charge in [-0.1, -0.05) is 19.1 Å². The molecule has 1 unspecified atom stereocenters. The van der Waals surface area contributed by atoms with E-state index in [1.807, 2.05) is 0 Å². The molecule has 0 heterocycles. The fourth-order valence-corrected chi connectivity index (χ4v) is 1.53. The normalized spacial score (nSPS) is 11.9. The fraction of sp³-hybridized carbons (Fsp3) is 0.273. The largest absolute Gasteiger partial charge is 0.507 e. The van der Waals surface area contributed by atoms with Crippen LogP contribution in [0.1, 0.15) is 23.7 Å². The molecule has 4 nitrogen and oxygen atoms in total. The predicted molar refractivity (Wildman–Crippen MR) is 66.4 cm³/mol. The summed E-state index contributed by atoms with van der Waals surface area (Å²) >= 11 is 4.77. The molecule has 1 aromatic carbocycles. The number of carbonyl (C=O) groups is 1. The summed E-state index contributed by atoms with van der Waals surface area (Å²) in [6.07, 6.45) is 0.525. The van der Waals surface area contributed by atoms with Crippen LogP contribution in [-0.2, 0) is 0 Å². The molecule has 17 heavy (non-hydrogen) atoms. The number of hydrogen-bond donors (Lipinski definition) is 3. The first-order valence-corrected chi connectivity index (χ1v) is 5.45. The van der Waals surface area contributed by atoms with Crippen molar-refractivity contribution in [3.63, 3.8) is 0 Å². The van der Waals surface area contributed by atoms with Crippen molar-refractivity contribution < 1.29 is 14.3 Å². The van der Waals surface area contributed by atoms with Gasteiger partial charge in [-0.3, -0.25) is 4.79 Å². The minimum absolute atomic E-state index is 0.139. The molecule has 0 saturated carbocycles. The molecule has 1 aromatic rings. The fourth-order valence-electron chi connectivity index (χ4n) is 1.30. The molecule has 0 saturated heterocycles. The molecule has 1 atom stereocenters. The molecule has 0 spiro atoms. The summed E-state index contributed by atoms with van der Waals surface area (Å²) in [5, 5.41) is 12.0. The van der Waals surface area contributed by atoms with Crippen molar-refractivity contribution in [3.8, 4) is 5.75 Å². The van der Waals surface area contributed by atoms with E-state index in [0.717, 1.165) is 18.2 Å². The van der Waals surface area contributed by atoms with E-state index in [0.29, 0.717) is 6.42 Å². The van der Waals surface area contributed by atoms with E-state index in [1.54, 1.807) is 6.92 Å². The number of nitrogens with two attached hydrogens (primary N) is 1. The number of phenols is 1. The molecule has 0 aromatic heterocycles. The van der Waals surface area contributed by atoms with E-state index in [4.69, 9.17) is 18.0 Å². The summed E-state index contributed by atoms with van der Waals surface area (Å²) in [5.74, 6) is -1.50. The van der Waals surface area contributed by atoms with Gasteiger partial charge in [-0.25, -0.2) is 4.39 Å². The number of thiocarbonyl (C=S) groups is 1. The molecular formula is C11H13FN2O2S.